The van der Waals surface area contributed by atoms with E-state index in [1.165, 1.54) is 5.56 Å². The molecule has 0 bridgehead atoms. The summed E-state index contributed by atoms with van der Waals surface area (Å²) in [5.41, 5.74) is 2.43. The summed E-state index contributed by atoms with van der Waals surface area (Å²) in [6.45, 7) is 7.44. The van der Waals surface area contributed by atoms with Crippen molar-refractivity contribution < 1.29 is 9.53 Å². The molecule has 1 aliphatic heterocycles. The maximum absolute atomic E-state index is 12.4. The van der Waals surface area contributed by atoms with Gasteiger partial charge in [-0.3, -0.25) is 4.90 Å². The predicted octanol–water partition coefficient (Wildman–Crippen LogP) is 3.29. The van der Waals surface area contributed by atoms with Crippen LogP contribution in [-0.2, 0) is 6.54 Å². The van der Waals surface area contributed by atoms with Crippen LogP contribution < -0.4 is 10.1 Å². The Morgan fingerprint density at radius 2 is 1.78 bits per heavy atom. The highest BCUT2D eigenvalue weighted by molar-refractivity contribution is 5.74. The number of ether oxygens (including phenoxy) is 1. The van der Waals surface area contributed by atoms with Gasteiger partial charge in [0.1, 0.15) is 12.4 Å². The average Bonchev–Trinajstić information content (AvgIpc) is 2.93. The third kappa shape index (κ3) is 6.00. The number of benzene rings is 2. The second-order valence-corrected chi connectivity index (χ2v) is 6.95. The highest BCUT2D eigenvalue weighted by Gasteiger charge is 2.18. The van der Waals surface area contributed by atoms with Crippen LogP contribution in [0.4, 0.5) is 4.79 Å². The first-order chi connectivity index (χ1) is 13.2. The van der Waals surface area contributed by atoms with Crippen LogP contribution in [0.2, 0.25) is 0 Å². The first kappa shape index (κ1) is 19.2. The zero-order chi connectivity index (χ0) is 18.9. The molecule has 0 saturated carbocycles. The van der Waals surface area contributed by atoms with Gasteiger partial charge in [0.05, 0.1) is 6.54 Å². The van der Waals surface area contributed by atoms with Gasteiger partial charge in [0.2, 0.25) is 0 Å². The Kier molecular flexibility index (Phi) is 7.11. The number of amides is 2. The lowest BCUT2D eigenvalue weighted by Crippen LogP contribution is -2.43. The molecule has 27 heavy (non-hydrogen) atoms. The molecule has 0 atom stereocenters. The molecular weight excluding hydrogens is 338 g/mol. The second kappa shape index (κ2) is 9.97. The minimum absolute atomic E-state index is 0.00458. The predicted molar refractivity (Wildman–Crippen MR) is 108 cm³/mol. The number of nitrogens with one attached hydrogen (secondary N) is 1. The average molecular weight is 367 g/mol. The number of hydrogen-bond donors (Lipinski definition) is 1. The lowest BCUT2D eigenvalue weighted by molar-refractivity contribution is 0.194. The van der Waals surface area contributed by atoms with E-state index in [1.54, 1.807) is 0 Å². The second-order valence-electron chi connectivity index (χ2n) is 6.95. The monoisotopic (exact) mass is 367 g/mol. The summed E-state index contributed by atoms with van der Waals surface area (Å²) < 4.78 is 5.74. The van der Waals surface area contributed by atoms with E-state index >= 15 is 0 Å². The lowest BCUT2D eigenvalue weighted by atomic mass is 10.2. The fourth-order valence-electron chi connectivity index (χ4n) is 3.32. The molecule has 1 aliphatic rings. The Balaban J connectivity index is 1.38. The normalized spacial score (nSPS) is 15.2. The van der Waals surface area contributed by atoms with Gasteiger partial charge in [-0.2, -0.15) is 0 Å². The molecule has 0 aliphatic carbocycles. The minimum atomic E-state index is 0.00458. The third-order valence-electron chi connectivity index (χ3n) is 4.85. The number of carbonyl (C=O) groups is 1. The fraction of sp³-hybridized carbons (Fsp3) is 0.409. The van der Waals surface area contributed by atoms with Crippen LogP contribution in [0.15, 0.2) is 54.6 Å². The number of nitrogens with zero attached hydrogens (tertiary/aromatic N) is 2. The molecular formula is C22H29N3O2. The van der Waals surface area contributed by atoms with Crippen LogP contribution in [0.5, 0.6) is 5.75 Å². The maximum Gasteiger partial charge on any atom is 0.317 e. The van der Waals surface area contributed by atoms with Crippen molar-refractivity contribution in [2.24, 2.45) is 0 Å². The largest absolute Gasteiger partial charge is 0.491 e. The zero-order valence-electron chi connectivity index (χ0n) is 16.1. The van der Waals surface area contributed by atoms with Crippen molar-refractivity contribution in [3.05, 3.63) is 65.7 Å². The van der Waals surface area contributed by atoms with E-state index < -0.39 is 0 Å². The molecule has 1 saturated heterocycles. The van der Waals surface area contributed by atoms with Gasteiger partial charge < -0.3 is 15.0 Å². The number of aryl methyl sites for hydroxylation is 1. The summed E-state index contributed by atoms with van der Waals surface area (Å²) in [7, 11) is 0. The van der Waals surface area contributed by atoms with Gasteiger partial charge in [0.25, 0.3) is 0 Å². The zero-order valence-corrected chi connectivity index (χ0v) is 16.1. The van der Waals surface area contributed by atoms with Crippen molar-refractivity contribution in [3.63, 3.8) is 0 Å². The number of urea groups is 1. The first-order valence-corrected chi connectivity index (χ1v) is 9.70. The SMILES string of the molecule is Cc1ccccc1OCCNC(=O)N1CCCN(Cc2ccccc2)CC1. The molecule has 3 rings (SSSR count). The van der Waals surface area contributed by atoms with E-state index in [1.807, 2.05) is 42.2 Å². The highest BCUT2D eigenvalue weighted by Crippen LogP contribution is 2.15. The Labute approximate surface area is 161 Å². The Morgan fingerprint density at radius 1 is 1.00 bits per heavy atom. The molecule has 0 spiro atoms. The quantitative estimate of drug-likeness (QED) is 0.797. The maximum atomic E-state index is 12.4. The molecule has 1 fully saturated rings. The molecule has 0 aromatic heterocycles. The summed E-state index contributed by atoms with van der Waals surface area (Å²) in [5.74, 6) is 0.873. The summed E-state index contributed by atoms with van der Waals surface area (Å²) >= 11 is 0. The molecule has 0 unspecified atom stereocenters. The van der Waals surface area contributed by atoms with Crippen molar-refractivity contribution in [1.29, 1.82) is 0 Å². The van der Waals surface area contributed by atoms with E-state index in [0.717, 1.165) is 50.5 Å². The van der Waals surface area contributed by atoms with Crippen LogP contribution in [-0.4, -0.2) is 55.2 Å². The van der Waals surface area contributed by atoms with Gasteiger partial charge in [0.15, 0.2) is 0 Å². The number of hydrogen-bond acceptors (Lipinski definition) is 3. The molecule has 5 heteroatoms. The van der Waals surface area contributed by atoms with Crippen LogP contribution in [0.1, 0.15) is 17.5 Å². The van der Waals surface area contributed by atoms with E-state index in [9.17, 15) is 4.79 Å². The third-order valence-corrected chi connectivity index (χ3v) is 4.85. The van der Waals surface area contributed by atoms with Gasteiger partial charge >= 0.3 is 6.03 Å². The number of rotatable bonds is 6. The van der Waals surface area contributed by atoms with Crippen LogP contribution in [0.25, 0.3) is 0 Å². The minimum Gasteiger partial charge on any atom is -0.491 e. The van der Waals surface area contributed by atoms with E-state index in [4.69, 9.17) is 4.74 Å². The number of carbonyl (C=O) groups excluding carboxylic acids is 1. The first-order valence-electron chi connectivity index (χ1n) is 9.70. The summed E-state index contributed by atoms with van der Waals surface area (Å²) in [5, 5.41) is 2.98. The summed E-state index contributed by atoms with van der Waals surface area (Å²) in [6, 6.07) is 18.4. The van der Waals surface area contributed by atoms with Crippen molar-refractivity contribution in [2.75, 3.05) is 39.3 Å². The molecule has 0 radical (unpaired) electrons. The van der Waals surface area contributed by atoms with Crippen LogP contribution in [0.3, 0.4) is 0 Å². The Hall–Kier alpha value is -2.53. The van der Waals surface area contributed by atoms with Gasteiger partial charge in [0, 0.05) is 32.7 Å². The summed E-state index contributed by atoms with van der Waals surface area (Å²) in [4.78, 5) is 16.8. The standard InChI is InChI=1S/C22H29N3O2/c1-19-8-5-6-11-21(19)27-17-12-23-22(26)25-14-7-13-24(15-16-25)18-20-9-3-2-4-10-20/h2-6,8-11H,7,12-18H2,1H3,(H,23,26). The van der Waals surface area contributed by atoms with E-state index in [0.29, 0.717) is 13.2 Å². The van der Waals surface area contributed by atoms with Gasteiger partial charge in [-0.15, -0.1) is 0 Å². The number of para-hydroxylation sites is 1. The lowest BCUT2D eigenvalue weighted by Gasteiger charge is -2.22. The fourth-order valence-corrected chi connectivity index (χ4v) is 3.32. The Morgan fingerprint density at radius 3 is 2.59 bits per heavy atom. The molecule has 2 aromatic carbocycles. The molecule has 2 aromatic rings. The molecule has 144 valence electrons. The van der Waals surface area contributed by atoms with Crippen molar-refractivity contribution >= 4 is 6.03 Å². The van der Waals surface area contributed by atoms with E-state index in [-0.39, 0.29) is 6.03 Å². The summed E-state index contributed by atoms with van der Waals surface area (Å²) in [6.07, 6.45) is 1.000. The van der Waals surface area contributed by atoms with Crippen molar-refractivity contribution in [2.45, 2.75) is 19.9 Å². The molecule has 1 heterocycles. The topological polar surface area (TPSA) is 44.8 Å². The van der Waals surface area contributed by atoms with E-state index in [2.05, 4.69) is 34.5 Å². The molecule has 5 nitrogen and oxygen atoms in total. The van der Waals surface area contributed by atoms with Gasteiger partial charge in [-0.1, -0.05) is 48.5 Å². The molecule has 2 amide bonds. The van der Waals surface area contributed by atoms with Crippen LogP contribution in [0, 0.1) is 6.92 Å². The van der Waals surface area contributed by atoms with Crippen LogP contribution >= 0.6 is 0 Å². The van der Waals surface area contributed by atoms with Crippen molar-refractivity contribution in [1.82, 2.24) is 15.1 Å². The smallest absolute Gasteiger partial charge is 0.317 e. The van der Waals surface area contributed by atoms with Crippen molar-refractivity contribution in [3.8, 4) is 5.75 Å². The van der Waals surface area contributed by atoms with Gasteiger partial charge in [-0.25, -0.2) is 4.79 Å². The molecule has 1 N–H and O–H groups in total. The van der Waals surface area contributed by atoms with Gasteiger partial charge in [-0.05, 0) is 30.5 Å². The highest BCUT2D eigenvalue weighted by atomic mass is 16.5. The Bertz CT molecular complexity index is 721.